The van der Waals surface area contributed by atoms with E-state index in [4.69, 9.17) is 5.73 Å². The predicted molar refractivity (Wildman–Crippen MR) is 102 cm³/mol. The molecule has 3 N–H and O–H groups in total. The van der Waals surface area contributed by atoms with Gasteiger partial charge in [-0.25, -0.2) is 0 Å². The Morgan fingerprint density at radius 2 is 1.81 bits per heavy atom. The highest BCUT2D eigenvalue weighted by molar-refractivity contribution is 6.02. The van der Waals surface area contributed by atoms with Crippen molar-refractivity contribution in [2.24, 2.45) is 5.73 Å². The number of benzene rings is 1. The van der Waals surface area contributed by atoms with Crippen molar-refractivity contribution < 1.29 is 14.4 Å². The van der Waals surface area contributed by atoms with Crippen LogP contribution in [0.2, 0.25) is 0 Å². The Kier molecular flexibility index (Phi) is 5.92. The van der Waals surface area contributed by atoms with Gasteiger partial charge in [0.25, 0.3) is 5.91 Å². The fourth-order valence-electron chi connectivity index (χ4n) is 4.08. The lowest BCUT2D eigenvalue weighted by Gasteiger charge is -2.42. The Morgan fingerprint density at radius 1 is 1.15 bits per heavy atom. The molecular weight excluding hydrogens is 344 g/mol. The van der Waals surface area contributed by atoms with Crippen molar-refractivity contribution in [1.29, 1.82) is 0 Å². The molecule has 146 valence electrons. The second kappa shape index (κ2) is 8.19. The van der Waals surface area contributed by atoms with Crippen LogP contribution in [0.1, 0.15) is 61.6 Å². The van der Waals surface area contributed by atoms with Crippen LogP contribution < -0.4 is 11.1 Å². The molecular formula is C20H28N4O3. The number of hydrogen-bond donors (Lipinski definition) is 2. The minimum absolute atomic E-state index is 0.104. The molecule has 2 aliphatic heterocycles. The third-order valence-corrected chi connectivity index (χ3v) is 5.33. The largest absolute Gasteiger partial charge is 0.330 e. The lowest BCUT2D eigenvalue weighted by molar-refractivity contribution is -0.136. The van der Waals surface area contributed by atoms with Gasteiger partial charge in [0.05, 0.1) is 6.04 Å². The number of imide groups is 1. The summed E-state index contributed by atoms with van der Waals surface area (Å²) in [5, 5.41) is 2.33. The maximum absolute atomic E-state index is 13.2. The molecule has 1 fully saturated rings. The number of carbonyl (C=O) groups is 3. The molecule has 1 unspecified atom stereocenters. The number of amides is 3. The van der Waals surface area contributed by atoms with Crippen LogP contribution in [0.25, 0.3) is 0 Å². The molecule has 3 amide bonds. The Balaban J connectivity index is 1.98. The van der Waals surface area contributed by atoms with E-state index in [0.29, 0.717) is 12.1 Å². The summed E-state index contributed by atoms with van der Waals surface area (Å²) in [7, 11) is 0. The topological polar surface area (TPSA) is 95.7 Å². The van der Waals surface area contributed by atoms with E-state index in [1.807, 2.05) is 24.3 Å². The molecule has 7 nitrogen and oxygen atoms in total. The van der Waals surface area contributed by atoms with Crippen molar-refractivity contribution >= 4 is 17.7 Å². The molecule has 1 aromatic rings. The number of nitrogens with zero attached hydrogens (tertiary/aromatic N) is 2. The molecule has 0 bridgehead atoms. The van der Waals surface area contributed by atoms with Crippen LogP contribution >= 0.6 is 0 Å². The molecule has 1 aromatic carbocycles. The number of rotatable bonds is 7. The van der Waals surface area contributed by atoms with Crippen LogP contribution in [-0.2, 0) is 9.59 Å². The second-order valence-electron chi connectivity index (χ2n) is 7.53. The van der Waals surface area contributed by atoms with E-state index in [-0.39, 0.29) is 42.8 Å². The second-order valence-corrected chi connectivity index (χ2v) is 7.53. The van der Waals surface area contributed by atoms with Gasteiger partial charge in [0, 0.05) is 36.6 Å². The first-order chi connectivity index (χ1) is 12.9. The highest BCUT2D eigenvalue weighted by atomic mass is 16.2. The minimum Gasteiger partial charge on any atom is -0.330 e. The van der Waals surface area contributed by atoms with E-state index >= 15 is 0 Å². The quantitative estimate of drug-likeness (QED) is 0.557. The lowest BCUT2D eigenvalue weighted by atomic mass is 10.0. The van der Waals surface area contributed by atoms with Gasteiger partial charge in [-0.2, -0.15) is 0 Å². The third-order valence-electron chi connectivity index (χ3n) is 5.33. The van der Waals surface area contributed by atoms with E-state index in [1.165, 1.54) is 0 Å². The Hall–Kier alpha value is -2.25. The Labute approximate surface area is 159 Å². The monoisotopic (exact) mass is 372 g/mol. The van der Waals surface area contributed by atoms with Gasteiger partial charge in [-0.3, -0.25) is 24.6 Å². The van der Waals surface area contributed by atoms with Crippen molar-refractivity contribution in [1.82, 2.24) is 15.1 Å². The Bertz CT molecular complexity index is 718. The molecule has 1 atom stereocenters. The van der Waals surface area contributed by atoms with E-state index in [0.717, 1.165) is 24.9 Å². The zero-order valence-electron chi connectivity index (χ0n) is 16.0. The average molecular weight is 372 g/mol. The van der Waals surface area contributed by atoms with Crippen LogP contribution in [0.5, 0.6) is 0 Å². The molecule has 0 radical (unpaired) electrons. The summed E-state index contributed by atoms with van der Waals surface area (Å²) in [6.07, 6.45) is 1.87. The van der Waals surface area contributed by atoms with Gasteiger partial charge in [0.15, 0.2) is 0 Å². The molecule has 1 saturated heterocycles. The van der Waals surface area contributed by atoms with E-state index in [1.54, 1.807) is 4.90 Å². The predicted octanol–water partition coefficient (Wildman–Crippen LogP) is 1.40. The molecule has 0 saturated carbocycles. The van der Waals surface area contributed by atoms with Crippen molar-refractivity contribution in [3.05, 3.63) is 35.4 Å². The molecule has 2 heterocycles. The average Bonchev–Trinajstić information content (AvgIpc) is 2.90. The molecule has 7 heteroatoms. The summed E-state index contributed by atoms with van der Waals surface area (Å²) in [5.74, 6) is -0.747. The van der Waals surface area contributed by atoms with Gasteiger partial charge < -0.3 is 10.6 Å². The van der Waals surface area contributed by atoms with Crippen LogP contribution in [0, 0.1) is 0 Å². The van der Waals surface area contributed by atoms with E-state index in [2.05, 4.69) is 24.1 Å². The maximum atomic E-state index is 13.2. The number of nitrogens with one attached hydrogen (secondary N) is 1. The molecule has 27 heavy (non-hydrogen) atoms. The highest BCUT2D eigenvalue weighted by Gasteiger charge is 2.46. The van der Waals surface area contributed by atoms with Crippen LogP contribution in [-0.4, -0.2) is 52.7 Å². The number of carbonyl (C=O) groups excluding carboxylic acids is 3. The smallest absolute Gasteiger partial charge is 0.256 e. The fourth-order valence-corrected chi connectivity index (χ4v) is 4.08. The summed E-state index contributed by atoms with van der Waals surface area (Å²) in [6, 6.07) is 7.35. The Morgan fingerprint density at radius 3 is 2.44 bits per heavy atom. The van der Waals surface area contributed by atoms with Gasteiger partial charge >= 0.3 is 0 Å². The van der Waals surface area contributed by atoms with Crippen molar-refractivity contribution in [2.45, 2.75) is 57.8 Å². The number of nitrogens with two attached hydrogens (primary N) is 1. The van der Waals surface area contributed by atoms with Gasteiger partial charge in [-0.1, -0.05) is 18.2 Å². The fraction of sp³-hybridized carbons (Fsp3) is 0.550. The highest BCUT2D eigenvalue weighted by Crippen LogP contribution is 2.40. The molecule has 0 spiro atoms. The summed E-state index contributed by atoms with van der Waals surface area (Å²) >= 11 is 0. The van der Waals surface area contributed by atoms with Crippen molar-refractivity contribution in [3.8, 4) is 0 Å². The first-order valence-electron chi connectivity index (χ1n) is 9.64. The summed E-state index contributed by atoms with van der Waals surface area (Å²) in [4.78, 5) is 41.1. The number of fused-ring (bicyclic) bond motifs is 1. The zero-order valence-corrected chi connectivity index (χ0v) is 16.0. The molecule has 0 aliphatic carbocycles. The number of piperidine rings is 1. The summed E-state index contributed by atoms with van der Waals surface area (Å²) in [5.41, 5.74) is 7.26. The van der Waals surface area contributed by atoms with Gasteiger partial charge in [0.2, 0.25) is 11.8 Å². The number of unbranched alkanes of at least 4 members (excludes halogenated alkanes) is 1. The van der Waals surface area contributed by atoms with Gasteiger partial charge in [-0.15, -0.1) is 0 Å². The molecule has 2 aliphatic rings. The first-order valence-corrected chi connectivity index (χ1v) is 9.64. The van der Waals surface area contributed by atoms with Gasteiger partial charge in [-0.05, 0) is 39.3 Å². The van der Waals surface area contributed by atoms with Gasteiger partial charge in [0.1, 0.15) is 6.17 Å². The third kappa shape index (κ3) is 3.89. The van der Waals surface area contributed by atoms with Crippen LogP contribution in [0.15, 0.2) is 24.3 Å². The van der Waals surface area contributed by atoms with Crippen LogP contribution in [0.4, 0.5) is 0 Å². The van der Waals surface area contributed by atoms with E-state index in [9.17, 15) is 14.4 Å². The zero-order chi connectivity index (χ0) is 19.6. The summed E-state index contributed by atoms with van der Waals surface area (Å²) < 4.78 is 0. The molecule has 3 rings (SSSR count). The summed E-state index contributed by atoms with van der Waals surface area (Å²) in [6.45, 7) is 5.63. The number of hydrogen-bond acceptors (Lipinski definition) is 5. The lowest BCUT2D eigenvalue weighted by Crippen LogP contribution is -2.53. The normalized spacial score (nSPS) is 20.6. The van der Waals surface area contributed by atoms with Crippen molar-refractivity contribution in [3.63, 3.8) is 0 Å². The standard InChI is InChI=1S/C20H28N4O3/c1-13(2)23(10-6-5-9-21)19-15-7-3-4-8-16(15)20(27)24(19)14-11-17(25)22-18(26)12-14/h3-4,7-8,13-14,19H,5-6,9-12,21H2,1-2H3,(H,22,25,26). The maximum Gasteiger partial charge on any atom is 0.256 e. The SMILES string of the molecule is CC(C)N(CCCCN)C1c2ccccc2C(=O)N1C1CC(=O)NC(=O)C1. The van der Waals surface area contributed by atoms with Crippen LogP contribution in [0.3, 0.4) is 0 Å². The first kappa shape index (κ1) is 19.5. The minimum atomic E-state index is -0.424. The molecule has 0 aromatic heterocycles. The van der Waals surface area contributed by atoms with E-state index < -0.39 is 6.04 Å². The van der Waals surface area contributed by atoms with Crippen molar-refractivity contribution in [2.75, 3.05) is 13.1 Å².